The Morgan fingerprint density at radius 3 is 2.81 bits per heavy atom. The average Bonchev–Trinajstić information content (AvgIpc) is 2.70. The SMILES string of the molecule is COc1cccc(/C=N\NC(=O)[C@@H](c2ccncc2)[NH+]2CCOCC2)c1. The summed E-state index contributed by atoms with van der Waals surface area (Å²) in [5, 5.41) is 4.12. The summed E-state index contributed by atoms with van der Waals surface area (Å²) < 4.78 is 10.6. The largest absolute Gasteiger partial charge is 0.497 e. The Kier molecular flexibility index (Phi) is 6.29. The maximum absolute atomic E-state index is 12.8. The summed E-state index contributed by atoms with van der Waals surface area (Å²) in [7, 11) is 1.61. The van der Waals surface area contributed by atoms with Crippen molar-refractivity contribution in [1.29, 1.82) is 0 Å². The smallest absolute Gasteiger partial charge is 0.303 e. The summed E-state index contributed by atoms with van der Waals surface area (Å²) in [5.74, 6) is 0.597. The van der Waals surface area contributed by atoms with Gasteiger partial charge in [-0.1, -0.05) is 12.1 Å². The molecule has 0 bridgehead atoms. The van der Waals surface area contributed by atoms with Crippen LogP contribution in [0.1, 0.15) is 17.2 Å². The van der Waals surface area contributed by atoms with Gasteiger partial charge >= 0.3 is 5.91 Å². The second kappa shape index (κ2) is 9.07. The highest BCUT2D eigenvalue weighted by molar-refractivity contribution is 5.85. The van der Waals surface area contributed by atoms with Gasteiger partial charge in [0.25, 0.3) is 0 Å². The molecule has 1 aliphatic heterocycles. The topological polar surface area (TPSA) is 77.2 Å². The first-order chi connectivity index (χ1) is 12.8. The minimum Gasteiger partial charge on any atom is -0.497 e. The third-order valence-electron chi connectivity index (χ3n) is 4.33. The van der Waals surface area contributed by atoms with Crippen molar-refractivity contribution >= 4 is 12.1 Å². The Morgan fingerprint density at radius 1 is 1.31 bits per heavy atom. The molecule has 0 unspecified atom stereocenters. The van der Waals surface area contributed by atoms with E-state index in [0.29, 0.717) is 13.2 Å². The maximum Gasteiger partial charge on any atom is 0.303 e. The van der Waals surface area contributed by atoms with Crippen molar-refractivity contribution in [2.24, 2.45) is 5.10 Å². The van der Waals surface area contributed by atoms with Crippen LogP contribution in [-0.4, -0.2) is 50.5 Å². The molecule has 2 heterocycles. The maximum atomic E-state index is 12.8. The van der Waals surface area contributed by atoms with Crippen molar-refractivity contribution in [1.82, 2.24) is 10.4 Å². The molecule has 7 heteroatoms. The Balaban J connectivity index is 1.71. The zero-order valence-electron chi connectivity index (χ0n) is 14.7. The summed E-state index contributed by atoms with van der Waals surface area (Å²) in [4.78, 5) is 18.0. The molecule has 7 nitrogen and oxygen atoms in total. The first-order valence-electron chi connectivity index (χ1n) is 8.57. The number of amides is 1. The number of aromatic nitrogens is 1. The number of carbonyl (C=O) groups is 1. The van der Waals surface area contributed by atoms with E-state index < -0.39 is 0 Å². The van der Waals surface area contributed by atoms with Crippen LogP contribution < -0.4 is 15.1 Å². The van der Waals surface area contributed by atoms with Crippen LogP contribution in [0.15, 0.2) is 53.9 Å². The van der Waals surface area contributed by atoms with E-state index in [9.17, 15) is 4.79 Å². The molecule has 1 aliphatic rings. The van der Waals surface area contributed by atoms with Gasteiger partial charge in [-0.25, -0.2) is 5.43 Å². The van der Waals surface area contributed by atoms with Gasteiger partial charge in [0, 0.05) is 18.0 Å². The highest BCUT2D eigenvalue weighted by atomic mass is 16.5. The molecule has 3 rings (SSSR count). The third kappa shape index (κ3) is 4.65. The Hall–Kier alpha value is -2.77. The lowest BCUT2D eigenvalue weighted by Crippen LogP contribution is -3.15. The Morgan fingerprint density at radius 2 is 2.08 bits per heavy atom. The van der Waals surface area contributed by atoms with E-state index >= 15 is 0 Å². The quantitative estimate of drug-likeness (QED) is 0.573. The standard InChI is InChI=1S/C19H22N4O3/c1-25-17-4-2-3-15(13-17)14-21-22-19(24)18(16-5-7-20-8-6-16)23-9-11-26-12-10-23/h2-8,13-14,18H,9-12H2,1H3,(H,22,24)/p+1/b21-14-/t18-/m1/s1. The number of methoxy groups -OCH3 is 1. The second-order valence-corrected chi connectivity index (χ2v) is 6.00. The Bertz CT molecular complexity index is 745. The molecule has 0 aliphatic carbocycles. The van der Waals surface area contributed by atoms with Crippen LogP contribution in [0, 0.1) is 0 Å². The van der Waals surface area contributed by atoms with E-state index in [-0.39, 0.29) is 11.9 Å². The number of hydrazone groups is 1. The Labute approximate surface area is 152 Å². The zero-order valence-corrected chi connectivity index (χ0v) is 14.7. The number of nitrogens with zero attached hydrogens (tertiary/aromatic N) is 2. The van der Waals surface area contributed by atoms with Gasteiger partial charge in [0.05, 0.1) is 26.5 Å². The number of pyridine rings is 1. The van der Waals surface area contributed by atoms with E-state index in [1.54, 1.807) is 25.7 Å². The van der Waals surface area contributed by atoms with Crippen LogP contribution in [0.5, 0.6) is 5.75 Å². The zero-order chi connectivity index (χ0) is 18.2. The minimum atomic E-state index is -0.343. The van der Waals surface area contributed by atoms with Gasteiger partial charge in [-0.2, -0.15) is 5.10 Å². The fourth-order valence-corrected chi connectivity index (χ4v) is 3.01. The monoisotopic (exact) mass is 355 g/mol. The van der Waals surface area contributed by atoms with Crippen molar-refractivity contribution in [3.8, 4) is 5.75 Å². The molecule has 136 valence electrons. The van der Waals surface area contributed by atoms with Gasteiger partial charge < -0.3 is 14.4 Å². The number of ether oxygens (including phenoxy) is 2. The second-order valence-electron chi connectivity index (χ2n) is 6.00. The molecule has 1 amide bonds. The van der Waals surface area contributed by atoms with Crippen molar-refractivity contribution in [2.45, 2.75) is 6.04 Å². The molecule has 1 fully saturated rings. The predicted octanol–water partition coefficient (Wildman–Crippen LogP) is 0.197. The number of hydrogen-bond acceptors (Lipinski definition) is 5. The number of quaternary nitrogens is 1. The van der Waals surface area contributed by atoms with E-state index in [0.717, 1.165) is 34.9 Å². The molecule has 0 saturated carbocycles. The first kappa shape index (κ1) is 18.0. The summed E-state index contributed by atoms with van der Waals surface area (Å²) in [5.41, 5.74) is 4.45. The molecule has 2 aromatic rings. The molecule has 1 saturated heterocycles. The number of benzene rings is 1. The fraction of sp³-hybridized carbons (Fsp3) is 0.316. The molecule has 1 aromatic carbocycles. The average molecular weight is 355 g/mol. The van der Waals surface area contributed by atoms with Crippen molar-refractivity contribution in [3.05, 3.63) is 59.9 Å². The predicted molar refractivity (Wildman–Crippen MR) is 97.2 cm³/mol. The van der Waals surface area contributed by atoms with Gasteiger partial charge in [-0.05, 0) is 29.8 Å². The van der Waals surface area contributed by atoms with Crippen LogP contribution in [-0.2, 0) is 9.53 Å². The first-order valence-corrected chi connectivity index (χ1v) is 8.57. The number of nitrogens with one attached hydrogen (secondary N) is 2. The van der Waals surface area contributed by atoms with Gasteiger partial charge in [0.1, 0.15) is 18.8 Å². The van der Waals surface area contributed by atoms with Crippen molar-refractivity contribution in [2.75, 3.05) is 33.4 Å². The molecule has 0 spiro atoms. The number of carbonyl (C=O) groups excluding carboxylic acids is 1. The van der Waals surface area contributed by atoms with Crippen LogP contribution in [0.2, 0.25) is 0 Å². The van der Waals surface area contributed by atoms with Gasteiger partial charge in [-0.15, -0.1) is 0 Å². The van der Waals surface area contributed by atoms with Crippen LogP contribution in [0.25, 0.3) is 0 Å². The van der Waals surface area contributed by atoms with Gasteiger partial charge in [0.2, 0.25) is 0 Å². The summed E-state index contributed by atoms with van der Waals surface area (Å²) in [6, 6.07) is 10.9. The molecule has 26 heavy (non-hydrogen) atoms. The summed E-state index contributed by atoms with van der Waals surface area (Å²) >= 11 is 0. The lowest BCUT2D eigenvalue weighted by Gasteiger charge is -2.30. The molecular weight excluding hydrogens is 332 g/mol. The highest BCUT2D eigenvalue weighted by Gasteiger charge is 2.32. The number of rotatable bonds is 6. The summed E-state index contributed by atoms with van der Waals surface area (Å²) in [6.07, 6.45) is 5.02. The highest BCUT2D eigenvalue weighted by Crippen LogP contribution is 2.11. The van der Waals surface area contributed by atoms with Crippen LogP contribution in [0.3, 0.4) is 0 Å². The molecule has 1 atom stereocenters. The van der Waals surface area contributed by atoms with E-state index in [4.69, 9.17) is 9.47 Å². The van der Waals surface area contributed by atoms with Gasteiger partial charge in [0.15, 0.2) is 6.04 Å². The lowest BCUT2D eigenvalue weighted by atomic mass is 10.1. The molecule has 2 N–H and O–H groups in total. The third-order valence-corrected chi connectivity index (χ3v) is 4.33. The minimum absolute atomic E-state index is 0.146. The van der Waals surface area contributed by atoms with Crippen LogP contribution in [0.4, 0.5) is 0 Å². The van der Waals surface area contributed by atoms with E-state index in [2.05, 4.69) is 15.5 Å². The molecular formula is C19H23N4O3+. The number of morpholine rings is 1. The van der Waals surface area contributed by atoms with Crippen LogP contribution >= 0.6 is 0 Å². The lowest BCUT2D eigenvalue weighted by molar-refractivity contribution is -0.929. The van der Waals surface area contributed by atoms with E-state index in [1.807, 2.05) is 36.4 Å². The van der Waals surface area contributed by atoms with Gasteiger partial charge in [-0.3, -0.25) is 9.78 Å². The van der Waals surface area contributed by atoms with Crippen molar-refractivity contribution in [3.63, 3.8) is 0 Å². The fourth-order valence-electron chi connectivity index (χ4n) is 3.01. The van der Waals surface area contributed by atoms with Crippen molar-refractivity contribution < 1.29 is 19.2 Å². The molecule has 0 radical (unpaired) electrons. The normalized spacial score (nSPS) is 16.3. The number of hydrogen-bond donors (Lipinski definition) is 2. The van der Waals surface area contributed by atoms with E-state index in [1.165, 1.54) is 0 Å². The summed E-state index contributed by atoms with van der Waals surface area (Å²) in [6.45, 7) is 2.86. The molecule has 1 aromatic heterocycles.